The molecule has 0 saturated heterocycles. The zero-order valence-electron chi connectivity index (χ0n) is 10.7. The minimum absolute atomic E-state index is 0.246. The third-order valence-electron chi connectivity index (χ3n) is 4.26. The van der Waals surface area contributed by atoms with Crippen molar-refractivity contribution < 1.29 is 4.79 Å². The van der Waals surface area contributed by atoms with Crippen molar-refractivity contribution in [2.24, 2.45) is 11.8 Å². The second kappa shape index (κ2) is 4.08. The number of aromatic amines is 1. The molecule has 1 aromatic heterocycles. The smallest absolute Gasteiger partial charge is 0.182 e. The Hall–Kier alpha value is -1.05. The molecule has 16 heavy (non-hydrogen) atoms. The van der Waals surface area contributed by atoms with Gasteiger partial charge in [0, 0.05) is 11.6 Å². The summed E-state index contributed by atoms with van der Waals surface area (Å²) in [7, 11) is 0. The monoisotopic (exact) mass is 219 g/mol. The van der Waals surface area contributed by atoms with Crippen LogP contribution in [-0.4, -0.2) is 10.8 Å². The molecule has 2 atom stereocenters. The normalized spacial score (nSPS) is 25.0. The molecular formula is C14H21NO. The first-order chi connectivity index (χ1) is 7.52. The predicted octanol–water partition coefficient (Wildman–Crippen LogP) is 3.56. The number of hydrogen-bond donors (Lipinski definition) is 1. The highest BCUT2D eigenvalue weighted by atomic mass is 16.1. The number of aromatic nitrogens is 1. The first-order valence-corrected chi connectivity index (χ1v) is 6.22. The van der Waals surface area contributed by atoms with E-state index in [0.717, 1.165) is 23.4 Å². The quantitative estimate of drug-likeness (QED) is 0.758. The maximum absolute atomic E-state index is 12.4. The second-order valence-corrected chi connectivity index (χ2v) is 5.25. The molecule has 1 heterocycles. The van der Waals surface area contributed by atoms with Crippen molar-refractivity contribution in [2.75, 3.05) is 0 Å². The highest BCUT2D eigenvalue weighted by molar-refractivity contribution is 5.98. The lowest BCUT2D eigenvalue weighted by atomic mass is 9.90. The summed E-state index contributed by atoms with van der Waals surface area (Å²) in [4.78, 5) is 15.7. The fraction of sp³-hybridized carbons (Fsp3) is 0.643. The number of hydrogen-bond acceptors (Lipinski definition) is 1. The van der Waals surface area contributed by atoms with Crippen LogP contribution in [0.25, 0.3) is 0 Å². The lowest BCUT2D eigenvalue weighted by molar-refractivity contribution is 0.0891. The fourth-order valence-electron chi connectivity index (χ4n) is 2.81. The third-order valence-corrected chi connectivity index (χ3v) is 4.26. The van der Waals surface area contributed by atoms with Crippen molar-refractivity contribution in [1.82, 2.24) is 4.98 Å². The fourth-order valence-corrected chi connectivity index (χ4v) is 2.81. The average molecular weight is 219 g/mol. The third kappa shape index (κ3) is 1.70. The molecule has 0 aliphatic heterocycles. The highest BCUT2D eigenvalue weighted by Gasteiger charge is 2.32. The second-order valence-electron chi connectivity index (χ2n) is 5.25. The Labute approximate surface area is 97.4 Å². The van der Waals surface area contributed by atoms with Gasteiger partial charge in [0.1, 0.15) is 0 Å². The first kappa shape index (κ1) is 11.4. The number of rotatable bonds is 2. The highest BCUT2D eigenvalue weighted by Crippen LogP contribution is 2.34. The number of nitrogens with one attached hydrogen (secondary N) is 1. The molecule has 88 valence electrons. The number of aryl methyl sites for hydroxylation is 1. The molecule has 1 aromatic rings. The van der Waals surface area contributed by atoms with Gasteiger partial charge in [-0.15, -0.1) is 0 Å². The Kier molecular flexibility index (Phi) is 2.92. The molecule has 1 saturated carbocycles. The molecule has 2 nitrogen and oxygen atoms in total. The minimum Gasteiger partial charge on any atom is -0.356 e. The van der Waals surface area contributed by atoms with Gasteiger partial charge in [-0.2, -0.15) is 0 Å². The maximum atomic E-state index is 12.4. The largest absolute Gasteiger partial charge is 0.356 e. The summed E-state index contributed by atoms with van der Waals surface area (Å²) in [6.45, 7) is 8.37. The van der Waals surface area contributed by atoms with Gasteiger partial charge in [0.2, 0.25) is 0 Å². The van der Waals surface area contributed by atoms with Gasteiger partial charge in [-0.25, -0.2) is 0 Å². The Bertz CT molecular complexity index is 417. The number of ketones is 1. The van der Waals surface area contributed by atoms with E-state index in [1.54, 1.807) is 0 Å². The average Bonchev–Trinajstić information content (AvgIpc) is 2.77. The van der Waals surface area contributed by atoms with Crippen molar-refractivity contribution in [2.45, 2.75) is 47.0 Å². The molecule has 1 fully saturated rings. The molecule has 2 heteroatoms. The molecule has 0 aromatic carbocycles. The Morgan fingerprint density at radius 3 is 2.31 bits per heavy atom. The molecule has 0 bridgehead atoms. The van der Waals surface area contributed by atoms with Gasteiger partial charge in [-0.05, 0) is 50.7 Å². The molecule has 1 aliphatic carbocycles. The topological polar surface area (TPSA) is 32.9 Å². The Morgan fingerprint density at radius 2 is 1.88 bits per heavy atom. The summed E-state index contributed by atoms with van der Waals surface area (Å²) in [6, 6.07) is 0. The van der Waals surface area contributed by atoms with E-state index in [0.29, 0.717) is 11.7 Å². The van der Waals surface area contributed by atoms with Gasteiger partial charge < -0.3 is 4.98 Å². The van der Waals surface area contributed by atoms with E-state index in [1.807, 2.05) is 13.8 Å². The van der Waals surface area contributed by atoms with Crippen molar-refractivity contribution >= 4 is 5.78 Å². The van der Waals surface area contributed by atoms with Crippen molar-refractivity contribution in [3.8, 4) is 0 Å². The van der Waals surface area contributed by atoms with Crippen LogP contribution in [0, 0.1) is 32.6 Å². The Balaban J connectivity index is 2.30. The van der Waals surface area contributed by atoms with Gasteiger partial charge in [-0.1, -0.05) is 13.3 Å². The molecule has 0 amide bonds. The molecule has 2 rings (SSSR count). The van der Waals surface area contributed by atoms with E-state index in [2.05, 4.69) is 18.8 Å². The molecule has 0 radical (unpaired) electrons. The van der Waals surface area contributed by atoms with Gasteiger partial charge in [0.15, 0.2) is 5.78 Å². The van der Waals surface area contributed by atoms with Crippen LogP contribution in [0.4, 0.5) is 0 Å². The lowest BCUT2D eigenvalue weighted by Crippen LogP contribution is -2.18. The van der Waals surface area contributed by atoms with Gasteiger partial charge >= 0.3 is 0 Å². The number of carbonyl (C=O) groups is 1. The molecule has 1 aliphatic rings. The van der Waals surface area contributed by atoms with Crippen molar-refractivity contribution in [3.63, 3.8) is 0 Å². The van der Waals surface area contributed by atoms with E-state index < -0.39 is 0 Å². The minimum atomic E-state index is 0.246. The summed E-state index contributed by atoms with van der Waals surface area (Å²) in [5.74, 6) is 1.13. The zero-order chi connectivity index (χ0) is 11.9. The van der Waals surface area contributed by atoms with Crippen LogP contribution >= 0.6 is 0 Å². The Morgan fingerprint density at radius 1 is 1.19 bits per heavy atom. The van der Waals surface area contributed by atoms with Crippen LogP contribution in [0.3, 0.4) is 0 Å². The maximum Gasteiger partial charge on any atom is 0.182 e. The predicted molar refractivity (Wildman–Crippen MR) is 65.8 cm³/mol. The molecule has 1 N–H and O–H groups in total. The lowest BCUT2D eigenvalue weighted by Gasteiger charge is -2.13. The van der Waals surface area contributed by atoms with E-state index in [-0.39, 0.29) is 5.92 Å². The zero-order valence-corrected chi connectivity index (χ0v) is 10.7. The van der Waals surface area contributed by atoms with Crippen LogP contribution in [0.5, 0.6) is 0 Å². The summed E-state index contributed by atoms with van der Waals surface area (Å²) in [6.07, 6.45) is 3.47. The van der Waals surface area contributed by atoms with E-state index >= 15 is 0 Å². The van der Waals surface area contributed by atoms with Crippen molar-refractivity contribution in [3.05, 3.63) is 22.5 Å². The van der Waals surface area contributed by atoms with E-state index in [9.17, 15) is 4.79 Å². The first-order valence-electron chi connectivity index (χ1n) is 6.22. The number of Topliss-reactive ketones (excluding diaryl/α,β-unsaturated/α-hetero) is 1. The van der Waals surface area contributed by atoms with Crippen LogP contribution < -0.4 is 0 Å². The van der Waals surface area contributed by atoms with E-state index in [1.165, 1.54) is 18.4 Å². The van der Waals surface area contributed by atoms with Gasteiger partial charge in [-0.3, -0.25) is 4.79 Å². The number of carbonyl (C=O) groups excluding carboxylic acids is 1. The van der Waals surface area contributed by atoms with Crippen LogP contribution in [0.15, 0.2) is 0 Å². The van der Waals surface area contributed by atoms with Crippen molar-refractivity contribution in [1.29, 1.82) is 0 Å². The summed E-state index contributed by atoms with van der Waals surface area (Å²) < 4.78 is 0. The van der Waals surface area contributed by atoms with Crippen LogP contribution in [0.2, 0.25) is 0 Å². The summed E-state index contributed by atoms with van der Waals surface area (Å²) in [5.41, 5.74) is 4.36. The van der Waals surface area contributed by atoms with Crippen LogP contribution in [0.1, 0.15) is 53.5 Å². The molecule has 2 unspecified atom stereocenters. The number of H-pyrrole nitrogens is 1. The standard InChI is InChI=1S/C14H21NO/c1-8-6-5-7-12(8)14(16)13-10(3)9(2)11(4)15-13/h8,12,15H,5-7H2,1-4H3. The summed E-state index contributed by atoms with van der Waals surface area (Å²) in [5, 5.41) is 0. The molecule has 0 spiro atoms. The van der Waals surface area contributed by atoms with Gasteiger partial charge in [0.05, 0.1) is 5.69 Å². The van der Waals surface area contributed by atoms with E-state index in [4.69, 9.17) is 0 Å². The summed E-state index contributed by atoms with van der Waals surface area (Å²) >= 11 is 0. The SMILES string of the molecule is Cc1[nH]c(C(=O)C2CCCC2C)c(C)c1C. The molecular weight excluding hydrogens is 198 g/mol. The van der Waals surface area contributed by atoms with Crippen LogP contribution in [-0.2, 0) is 0 Å². The van der Waals surface area contributed by atoms with Gasteiger partial charge in [0.25, 0.3) is 0 Å².